The fourth-order valence-corrected chi connectivity index (χ4v) is 4.14. The molecule has 5 rings (SSSR count). The van der Waals surface area contributed by atoms with Gasteiger partial charge in [0.15, 0.2) is 5.52 Å². The summed E-state index contributed by atoms with van der Waals surface area (Å²) >= 11 is 0. The number of nitriles is 1. The molecular weight excluding hydrogens is 528 g/mol. The number of aromatic nitrogens is 3. The number of pyridine rings is 1. The van der Waals surface area contributed by atoms with Gasteiger partial charge in [-0.3, -0.25) is 19.7 Å². The number of nitrogens with zero attached hydrogens (tertiary/aromatic N) is 6. The first-order valence-electron chi connectivity index (χ1n) is 12.1. The quantitative estimate of drug-likeness (QED) is 0.169. The molecule has 0 unspecified atom stereocenters. The number of benzene rings is 3. The first-order chi connectivity index (χ1) is 19.8. The van der Waals surface area contributed by atoms with E-state index in [1.807, 2.05) is 6.07 Å². The van der Waals surface area contributed by atoms with Crippen molar-refractivity contribution in [3.8, 4) is 34.5 Å². The van der Waals surface area contributed by atoms with E-state index in [0.717, 1.165) is 9.36 Å². The predicted octanol–water partition coefficient (Wildman–Crippen LogP) is 3.89. The third-order valence-electron chi connectivity index (χ3n) is 6.28. The molecule has 0 bridgehead atoms. The fourth-order valence-electron chi connectivity index (χ4n) is 4.14. The van der Waals surface area contributed by atoms with Crippen molar-refractivity contribution >= 4 is 22.8 Å². The maximum atomic E-state index is 13.9. The molecule has 5 aromatic rings. The lowest BCUT2D eigenvalue weighted by molar-refractivity contribution is -0.384. The van der Waals surface area contributed by atoms with Crippen molar-refractivity contribution < 1.29 is 14.4 Å². The zero-order valence-electron chi connectivity index (χ0n) is 21.7. The molecule has 0 aliphatic rings. The predicted molar refractivity (Wildman–Crippen MR) is 151 cm³/mol. The van der Waals surface area contributed by atoms with Crippen LogP contribution in [0.2, 0.25) is 0 Å². The number of methoxy groups -OCH3 is 2. The number of nitro benzene ring substituents is 1. The van der Waals surface area contributed by atoms with E-state index in [4.69, 9.17) is 9.47 Å². The second-order valence-electron chi connectivity index (χ2n) is 8.63. The largest absolute Gasteiger partial charge is 0.497 e. The normalized spacial score (nSPS) is 11.0. The van der Waals surface area contributed by atoms with Crippen LogP contribution < -0.4 is 20.6 Å². The molecule has 12 nitrogen and oxygen atoms in total. The average Bonchev–Trinajstić information content (AvgIpc) is 3.00. The lowest BCUT2D eigenvalue weighted by atomic mass is 10.1. The Morgan fingerprint density at radius 3 is 2.10 bits per heavy atom. The Morgan fingerprint density at radius 2 is 1.54 bits per heavy atom. The summed E-state index contributed by atoms with van der Waals surface area (Å²) in [6.07, 6.45) is 1.48. The summed E-state index contributed by atoms with van der Waals surface area (Å²) in [5.41, 5.74) is -0.469. The van der Waals surface area contributed by atoms with Gasteiger partial charge in [-0.15, -0.1) is 0 Å². The summed E-state index contributed by atoms with van der Waals surface area (Å²) in [7, 11) is 3.08. The Bertz CT molecular complexity index is 1970. The van der Waals surface area contributed by atoms with Gasteiger partial charge >= 0.3 is 0 Å². The topological polar surface area (TPSA) is 155 Å². The smallest absolute Gasteiger partial charge is 0.299 e. The van der Waals surface area contributed by atoms with Crippen LogP contribution in [0.4, 0.5) is 5.69 Å². The first-order valence-corrected chi connectivity index (χ1v) is 12.1. The van der Waals surface area contributed by atoms with E-state index in [9.17, 15) is 25.0 Å². The molecule has 0 fully saturated rings. The fraction of sp³-hybridized carbons (Fsp3) is 0.0690. The number of hydrogen-bond acceptors (Lipinski definition) is 9. The van der Waals surface area contributed by atoms with Crippen LogP contribution >= 0.6 is 0 Å². The van der Waals surface area contributed by atoms with E-state index < -0.39 is 16.0 Å². The number of rotatable bonds is 7. The zero-order valence-corrected chi connectivity index (χ0v) is 21.7. The van der Waals surface area contributed by atoms with Gasteiger partial charge in [-0.05, 0) is 72.3 Å². The van der Waals surface area contributed by atoms with Crippen molar-refractivity contribution in [2.75, 3.05) is 14.2 Å². The second kappa shape index (κ2) is 11.0. The van der Waals surface area contributed by atoms with Gasteiger partial charge in [0.2, 0.25) is 0 Å². The van der Waals surface area contributed by atoms with Gasteiger partial charge in [0.05, 0.1) is 36.7 Å². The monoisotopic (exact) mass is 548 g/mol. The molecule has 0 radical (unpaired) electrons. The van der Waals surface area contributed by atoms with Crippen LogP contribution in [0.3, 0.4) is 0 Å². The highest BCUT2D eigenvalue weighted by Crippen LogP contribution is 2.25. The highest BCUT2D eigenvalue weighted by molar-refractivity contribution is 5.87. The molecule has 0 N–H and O–H groups in total. The van der Waals surface area contributed by atoms with Crippen molar-refractivity contribution in [1.29, 1.82) is 5.26 Å². The second-order valence-corrected chi connectivity index (χ2v) is 8.63. The van der Waals surface area contributed by atoms with Gasteiger partial charge < -0.3 is 9.47 Å². The van der Waals surface area contributed by atoms with Crippen LogP contribution in [0, 0.1) is 21.4 Å². The molecule has 0 saturated carbocycles. The maximum absolute atomic E-state index is 13.9. The van der Waals surface area contributed by atoms with Gasteiger partial charge in [-0.2, -0.15) is 24.8 Å². The molecule has 2 heterocycles. The van der Waals surface area contributed by atoms with Gasteiger partial charge in [0, 0.05) is 23.1 Å². The van der Waals surface area contributed by atoms with Crippen LogP contribution in [0.25, 0.3) is 27.8 Å². The zero-order chi connectivity index (χ0) is 29.1. The molecule has 202 valence electrons. The molecule has 0 spiro atoms. The summed E-state index contributed by atoms with van der Waals surface area (Å²) in [5.74, 6) is 1.25. The molecule has 0 atom stereocenters. The van der Waals surface area contributed by atoms with Gasteiger partial charge in [-0.25, -0.2) is 0 Å². The van der Waals surface area contributed by atoms with E-state index in [2.05, 4.69) is 10.2 Å². The number of hydrogen-bond donors (Lipinski definition) is 0. The Morgan fingerprint density at radius 1 is 0.927 bits per heavy atom. The Hall–Kier alpha value is -6.09. The summed E-state index contributed by atoms with van der Waals surface area (Å²) in [6, 6.07) is 22.3. The summed E-state index contributed by atoms with van der Waals surface area (Å²) < 4.78 is 12.4. The number of ether oxygens (including phenoxy) is 2. The van der Waals surface area contributed by atoms with Crippen LogP contribution in [0.5, 0.6) is 11.5 Å². The SMILES string of the molecule is COc1ccc(/C=N\n2c(-c3ccc(OC)cc3)cc3c(C#N)c(=O)n(-c4ccc([N+](=O)[O-])cc4)nc3c2=O)cc1. The average molecular weight is 549 g/mol. The molecular formula is C29H20N6O6. The number of non-ortho nitro benzene ring substituents is 1. The van der Waals surface area contributed by atoms with Crippen LogP contribution in [-0.4, -0.2) is 39.8 Å². The minimum absolute atomic E-state index is 0.0439. The van der Waals surface area contributed by atoms with Crippen LogP contribution in [-0.2, 0) is 0 Å². The van der Waals surface area contributed by atoms with E-state index in [0.29, 0.717) is 28.3 Å². The summed E-state index contributed by atoms with van der Waals surface area (Å²) in [5, 5.41) is 29.8. The third-order valence-corrected chi connectivity index (χ3v) is 6.28. The van der Waals surface area contributed by atoms with Gasteiger partial charge in [-0.1, -0.05) is 0 Å². The molecule has 2 aromatic heterocycles. The number of nitro groups is 1. The van der Waals surface area contributed by atoms with E-state index in [1.165, 1.54) is 43.7 Å². The van der Waals surface area contributed by atoms with Crippen molar-refractivity contribution in [2.45, 2.75) is 0 Å². The molecule has 0 saturated heterocycles. The Balaban J connectivity index is 1.77. The van der Waals surface area contributed by atoms with Crippen molar-refractivity contribution in [2.24, 2.45) is 5.10 Å². The van der Waals surface area contributed by atoms with E-state index >= 15 is 0 Å². The van der Waals surface area contributed by atoms with E-state index in [-0.39, 0.29) is 27.8 Å². The van der Waals surface area contributed by atoms with Crippen LogP contribution in [0.1, 0.15) is 11.1 Å². The third kappa shape index (κ3) is 5.02. The first kappa shape index (κ1) is 26.5. The highest BCUT2D eigenvalue weighted by atomic mass is 16.6. The van der Waals surface area contributed by atoms with Gasteiger partial charge in [0.25, 0.3) is 16.8 Å². The molecule has 3 aromatic carbocycles. The number of fused-ring (bicyclic) bond motifs is 1. The van der Waals surface area contributed by atoms with Crippen molar-refractivity contribution in [3.05, 3.63) is 121 Å². The lowest BCUT2D eigenvalue weighted by Gasteiger charge is -2.13. The standard InChI is InChI=1S/C29H20N6O6/c1-40-22-11-3-18(4-12-22)17-31-34-26(19-5-13-23(41-2)14-6-19)15-24-25(16-30)28(36)33(32-27(24)29(34)37)20-7-9-21(10-8-20)35(38)39/h3-15,17H,1-2H3/b31-17-. The van der Waals surface area contributed by atoms with Gasteiger partial charge in [0.1, 0.15) is 23.1 Å². The lowest BCUT2D eigenvalue weighted by Crippen LogP contribution is -2.29. The molecule has 0 amide bonds. The van der Waals surface area contributed by atoms with Crippen LogP contribution in [0.15, 0.2) is 93.6 Å². The summed E-state index contributed by atoms with van der Waals surface area (Å²) in [6.45, 7) is 0. The molecule has 0 aliphatic heterocycles. The highest BCUT2D eigenvalue weighted by Gasteiger charge is 2.20. The minimum atomic E-state index is -0.784. The van der Waals surface area contributed by atoms with Crippen molar-refractivity contribution in [1.82, 2.24) is 14.5 Å². The molecule has 0 aliphatic carbocycles. The molecule has 41 heavy (non-hydrogen) atoms. The maximum Gasteiger partial charge on any atom is 0.299 e. The Kier molecular flexibility index (Phi) is 7.08. The molecule has 12 heteroatoms. The Labute approximate surface area is 231 Å². The van der Waals surface area contributed by atoms with Crippen molar-refractivity contribution in [3.63, 3.8) is 0 Å². The van der Waals surface area contributed by atoms with E-state index in [1.54, 1.807) is 55.6 Å². The minimum Gasteiger partial charge on any atom is -0.497 e. The summed E-state index contributed by atoms with van der Waals surface area (Å²) in [4.78, 5) is 37.7.